The molecule has 0 fully saturated rings. The van der Waals surface area contributed by atoms with E-state index in [1.807, 2.05) is 0 Å². The molecule has 1 aromatic carbocycles. The fourth-order valence-electron chi connectivity index (χ4n) is 5.74. The second-order valence-corrected chi connectivity index (χ2v) is 17.6. The number of methoxy groups -OCH3 is 1. The Kier molecular flexibility index (Phi) is 16.4. The molecule has 0 amide bonds. The Bertz CT molecular complexity index is 1290. The summed E-state index contributed by atoms with van der Waals surface area (Å²) in [5.74, 6) is -15.4. The van der Waals surface area contributed by atoms with E-state index in [1.165, 1.54) is 33.1 Å². The maximum atomic E-state index is 16.3. The van der Waals surface area contributed by atoms with Crippen molar-refractivity contribution in [2.24, 2.45) is 5.92 Å². The molecule has 0 bridgehead atoms. The van der Waals surface area contributed by atoms with E-state index < -0.39 is 67.1 Å². The van der Waals surface area contributed by atoms with Gasteiger partial charge in [-0.15, -0.1) is 6.58 Å². The summed E-state index contributed by atoms with van der Waals surface area (Å²) < 4.78 is 154. The SMILES string of the molecule is C=CCC(OC(=O)C(=C)CCC)C(C)C(O[Si](C(C)C)(C(C)C)C(F)(F)C(F)(F)C(F)(F)C(F)(F)F)/C(C)=C/COCc1ccc(OC)cc1. The molecule has 50 heavy (non-hydrogen) atoms. The number of halogens is 9. The highest BCUT2D eigenvalue weighted by Gasteiger charge is 2.87. The molecule has 1 aromatic rings. The van der Waals surface area contributed by atoms with Crippen molar-refractivity contribution in [2.45, 2.75) is 121 Å². The predicted octanol–water partition coefficient (Wildman–Crippen LogP) is 10.8. The minimum atomic E-state index is -7.10. The Morgan fingerprint density at radius 2 is 1.46 bits per heavy atom. The van der Waals surface area contributed by atoms with Crippen LogP contribution < -0.4 is 4.74 Å². The number of benzene rings is 1. The van der Waals surface area contributed by atoms with Gasteiger partial charge in [-0.05, 0) is 47.7 Å². The van der Waals surface area contributed by atoms with E-state index in [2.05, 4.69) is 13.2 Å². The summed E-state index contributed by atoms with van der Waals surface area (Å²) in [5, 5.41) is 0. The van der Waals surface area contributed by atoms with E-state index >= 15 is 17.6 Å². The van der Waals surface area contributed by atoms with Crippen LogP contribution in [-0.2, 0) is 25.3 Å². The second-order valence-electron chi connectivity index (χ2n) is 12.9. The number of hydrogen-bond donors (Lipinski definition) is 0. The van der Waals surface area contributed by atoms with Crippen molar-refractivity contribution < 1.29 is 62.9 Å². The average Bonchev–Trinajstić information content (AvgIpc) is 3.02. The number of carbonyl (C=O) groups excluding carboxylic acids is 1. The molecule has 1 rings (SSSR count). The highest BCUT2D eigenvalue weighted by atomic mass is 28.4. The standard InChI is InChI=1S/C35H49F9O5Si/c1-11-13-25(8)31(45)48-29(14-12-2)26(9)30(24(7)19-20-47-21-27-15-17-28(46-10)18-16-27)49-50(22(3)4,23(5)6)35(43,44)33(38,39)32(36,37)34(40,41)42/h12,15-19,22-23,26,29-30H,2,8,11,13-14,20-21H2,1,3-7,9-10H3/b24-19+. The quantitative estimate of drug-likeness (QED) is 0.0313. The second kappa shape index (κ2) is 18.1. The number of alkyl halides is 9. The van der Waals surface area contributed by atoms with Crippen molar-refractivity contribution in [3.63, 3.8) is 0 Å². The number of esters is 1. The molecule has 286 valence electrons. The normalized spacial score (nSPS) is 15.5. The average molecular weight is 749 g/mol. The van der Waals surface area contributed by atoms with Gasteiger partial charge in [0.25, 0.3) is 8.32 Å². The summed E-state index contributed by atoms with van der Waals surface area (Å²) in [5.41, 5.74) is -8.27. The molecule has 0 N–H and O–H groups in total. The molecule has 0 spiro atoms. The topological polar surface area (TPSA) is 54.0 Å². The largest absolute Gasteiger partial charge is 0.497 e. The zero-order valence-electron chi connectivity index (χ0n) is 29.7. The lowest BCUT2D eigenvalue weighted by Gasteiger charge is -2.50. The van der Waals surface area contributed by atoms with Gasteiger partial charge in [0.1, 0.15) is 11.9 Å². The van der Waals surface area contributed by atoms with Gasteiger partial charge < -0.3 is 18.6 Å². The van der Waals surface area contributed by atoms with E-state index in [4.69, 9.17) is 18.6 Å². The van der Waals surface area contributed by atoms with Gasteiger partial charge in [-0.25, -0.2) is 13.6 Å². The molecule has 0 radical (unpaired) electrons. The van der Waals surface area contributed by atoms with Crippen molar-refractivity contribution in [1.29, 1.82) is 0 Å². The molecule has 0 aliphatic rings. The minimum absolute atomic E-state index is 0.0793. The van der Waals surface area contributed by atoms with Gasteiger partial charge in [0.05, 0.1) is 26.4 Å². The highest BCUT2D eigenvalue weighted by molar-refractivity contribution is 6.79. The van der Waals surface area contributed by atoms with Crippen molar-refractivity contribution >= 4 is 14.3 Å². The van der Waals surface area contributed by atoms with Crippen LogP contribution in [0.5, 0.6) is 5.75 Å². The Hall–Kier alpha value is -2.78. The molecule has 0 saturated heterocycles. The van der Waals surface area contributed by atoms with E-state index in [1.54, 1.807) is 31.2 Å². The van der Waals surface area contributed by atoms with Crippen molar-refractivity contribution in [3.05, 3.63) is 66.3 Å². The minimum Gasteiger partial charge on any atom is -0.497 e. The third-order valence-electron chi connectivity index (χ3n) is 8.63. The van der Waals surface area contributed by atoms with Crippen LogP contribution in [0, 0.1) is 5.92 Å². The molecule has 0 aliphatic heterocycles. The zero-order valence-corrected chi connectivity index (χ0v) is 30.7. The number of rotatable bonds is 21. The van der Waals surface area contributed by atoms with Crippen molar-refractivity contribution in [2.75, 3.05) is 13.7 Å². The van der Waals surface area contributed by atoms with E-state index in [-0.39, 0.29) is 37.2 Å². The first-order chi connectivity index (χ1) is 22.9. The first-order valence-corrected chi connectivity index (χ1v) is 18.2. The monoisotopic (exact) mass is 748 g/mol. The number of ether oxygens (including phenoxy) is 3. The smallest absolute Gasteiger partial charge is 0.460 e. The first-order valence-electron chi connectivity index (χ1n) is 16.2. The van der Waals surface area contributed by atoms with Crippen LogP contribution in [0.15, 0.2) is 60.7 Å². The Morgan fingerprint density at radius 3 is 1.90 bits per heavy atom. The van der Waals surface area contributed by atoms with Crippen LogP contribution in [0.25, 0.3) is 0 Å². The van der Waals surface area contributed by atoms with Gasteiger partial charge in [-0.3, -0.25) is 0 Å². The molecule has 0 saturated carbocycles. The lowest BCUT2D eigenvalue weighted by molar-refractivity contribution is -0.386. The van der Waals surface area contributed by atoms with Crippen LogP contribution in [0.2, 0.25) is 11.1 Å². The summed E-state index contributed by atoms with van der Waals surface area (Å²) in [6.45, 7) is 15.9. The third-order valence-corrected chi connectivity index (χ3v) is 14.0. The van der Waals surface area contributed by atoms with Gasteiger partial charge >= 0.3 is 29.5 Å². The fraction of sp³-hybridized carbons (Fsp3) is 0.629. The molecule has 0 aromatic heterocycles. The maximum Gasteiger partial charge on any atom is 0.460 e. The van der Waals surface area contributed by atoms with Crippen LogP contribution in [0.1, 0.15) is 73.3 Å². The maximum absolute atomic E-state index is 16.3. The highest BCUT2D eigenvalue weighted by Crippen LogP contribution is 2.60. The van der Waals surface area contributed by atoms with Gasteiger partial charge in [-0.1, -0.05) is 78.8 Å². The zero-order chi connectivity index (χ0) is 38.9. The predicted molar refractivity (Wildman–Crippen MR) is 176 cm³/mol. The molecule has 0 aliphatic carbocycles. The molecule has 0 heterocycles. The van der Waals surface area contributed by atoms with E-state index in [9.17, 15) is 26.7 Å². The summed E-state index contributed by atoms with van der Waals surface area (Å²) >= 11 is 0. The summed E-state index contributed by atoms with van der Waals surface area (Å²) in [7, 11) is -4.29. The molecule has 3 atom stereocenters. The Balaban J connectivity index is 3.84. The summed E-state index contributed by atoms with van der Waals surface area (Å²) in [6, 6.07) is 6.85. The van der Waals surface area contributed by atoms with Gasteiger partial charge in [0.2, 0.25) is 0 Å². The summed E-state index contributed by atoms with van der Waals surface area (Å²) in [6.07, 6.45) is -6.34. The lowest BCUT2D eigenvalue weighted by atomic mass is 9.91. The molecular weight excluding hydrogens is 699 g/mol. The van der Waals surface area contributed by atoms with Gasteiger partial charge in [0.15, 0.2) is 0 Å². The number of hydrogen-bond acceptors (Lipinski definition) is 5. The fourth-order valence-corrected chi connectivity index (χ4v) is 10.7. The molecule has 5 nitrogen and oxygen atoms in total. The van der Waals surface area contributed by atoms with Crippen molar-refractivity contribution in [3.8, 4) is 5.75 Å². The molecular formula is C35H49F9O5Si. The third kappa shape index (κ3) is 9.75. The van der Waals surface area contributed by atoms with E-state index in [0.717, 1.165) is 33.3 Å². The van der Waals surface area contributed by atoms with Crippen LogP contribution in [-0.4, -0.2) is 63.8 Å². The number of carbonyl (C=O) groups is 1. The first kappa shape index (κ1) is 45.2. The molecule has 3 unspecified atom stereocenters. The van der Waals surface area contributed by atoms with Crippen LogP contribution >= 0.6 is 0 Å². The van der Waals surface area contributed by atoms with Gasteiger partial charge in [-0.2, -0.15) is 30.7 Å². The lowest BCUT2D eigenvalue weighted by Crippen LogP contribution is -2.74. The van der Waals surface area contributed by atoms with Gasteiger partial charge in [0, 0.05) is 17.9 Å². The van der Waals surface area contributed by atoms with E-state index in [0.29, 0.717) is 12.2 Å². The van der Waals surface area contributed by atoms with Crippen LogP contribution in [0.4, 0.5) is 39.5 Å². The Labute approximate surface area is 290 Å². The van der Waals surface area contributed by atoms with Crippen molar-refractivity contribution in [1.82, 2.24) is 0 Å². The summed E-state index contributed by atoms with van der Waals surface area (Å²) in [4.78, 5) is 12.9. The molecule has 15 heteroatoms. The Morgan fingerprint density at radius 1 is 0.920 bits per heavy atom. The van der Waals surface area contributed by atoms with Crippen LogP contribution in [0.3, 0.4) is 0 Å².